The molecule has 3 rings (SSSR count). The fourth-order valence-electron chi connectivity index (χ4n) is 2.66. The van der Waals surface area contributed by atoms with E-state index in [0.29, 0.717) is 29.5 Å². The largest absolute Gasteiger partial charge is 0.492 e. The second-order valence-corrected chi connectivity index (χ2v) is 5.70. The summed E-state index contributed by atoms with van der Waals surface area (Å²) in [4.78, 5) is 25.7. The summed E-state index contributed by atoms with van der Waals surface area (Å²) in [5.74, 6) is 1.02. The Balaban J connectivity index is 1.73. The summed E-state index contributed by atoms with van der Waals surface area (Å²) < 4.78 is 10.9. The SMILES string of the molecule is CCOc1ccccc1NC(=O)Cc1ccc2c(c1)N(C)C(=O)CO2. The number of benzene rings is 2. The number of para-hydroxylation sites is 2. The summed E-state index contributed by atoms with van der Waals surface area (Å²) in [7, 11) is 1.70. The molecule has 2 amide bonds. The van der Waals surface area contributed by atoms with Gasteiger partial charge in [-0.1, -0.05) is 18.2 Å². The van der Waals surface area contributed by atoms with E-state index in [4.69, 9.17) is 9.47 Å². The molecule has 0 saturated carbocycles. The van der Waals surface area contributed by atoms with Crippen LogP contribution in [0.3, 0.4) is 0 Å². The normalized spacial score (nSPS) is 13.0. The van der Waals surface area contributed by atoms with Crippen LogP contribution in [0.1, 0.15) is 12.5 Å². The third kappa shape index (κ3) is 3.74. The molecule has 1 aliphatic heterocycles. The molecule has 2 aromatic carbocycles. The van der Waals surface area contributed by atoms with Crippen molar-refractivity contribution in [3.8, 4) is 11.5 Å². The maximum Gasteiger partial charge on any atom is 0.264 e. The Morgan fingerprint density at radius 3 is 2.88 bits per heavy atom. The zero-order valence-electron chi connectivity index (χ0n) is 14.2. The van der Waals surface area contributed by atoms with E-state index in [1.807, 2.05) is 31.2 Å². The number of nitrogens with zero attached hydrogens (tertiary/aromatic N) is 1. The first-order valence-corrected chi connectivity index (χ1v) is 8.12. The maximum atomic E-state index is 12.4. The van der Waals surface area contributed by atoms with E-state index in [2.05, 4.69) is 5.32 Å². The molecule has 2 aromatic rings. The highest BCUT2D eigenvalue weighted by Crippen LogP contribution is 2.32. The quantitative estimate of drug-likeness (QED) is 0.908. The van der Waals surface area contributed by atoms with Gasteiger partial charge in [-0.05, 0) is 36.8 Å². The average molecular weight is 340 g/mol. The highest BCUT2D eigenvalue weighted by Gasteiger charge is 2.22. The molecule has 130 valence electrons. The van der Waals surface area contributed by atoms with Gasteiger partial charge < -0.3 is 19.7 Å². The fraction of sp³-hybridized carbons (Fsp3) is 0.263. The minimum atomic E-state index is -0.155. The highest BCUT2D eigenvalue weighted by molar-refractivity contribution is 5.98. The van der Waals surface area contributed by atoms with Gasteiger partial charge in [-0.3, -0.25) is 9.59 Å². The second kappa shape index (κ2) is 7.25. The first-order valence-electron chi connectivity index (χ1n) is 8.12. The lowest BCUT2D eigenvalue weighted by Gasteiger charge is -2.26. The molecule has 0 aliphatic carbocycles. The van der Waals surface area contributed by atoms with Gasteiger partial charge in [0.05, 0.1) is 24.4 Å². The Morgan fingerprint density at radius 1 is 1.28 bits per heavy atom. The number of rotatable bonds is 5. The molecule has 0 atom stereocenters. The van der Waals surface area contributed by atoms with Gasteiger partial charge in [-0.25, -0.2) is 0 Å². The smallest absolute Gasteiger partial charge is 0.264 e. The monoisotopic (exact) mass is 340 g/mol. The first kappa shape index (κ1) is 16.8. The third-order valence-electron chi connectivity index (χ3n) is 3.94. The Bertz CT molecular complexity index is 804. The zero-order chi connectivity index (χ0) is 17.8. The predicted octanol–water partition coefficient (Wildman–Crippen LogP) is 2.62. The molecule has 1 heterocycles. The number of amides is 2. The van der Waals surface area contributed by atoms with Crippen molar-refractivity contribution >= 4 is 23.2 Å². The Kier molecular flexibility index (Phi) is 4.88. The number of carbonyl (C=O) groups is 2. The van der Waals surface area contributed by atoms with Gasteiger partial charge in [0.1, 0.15) is 11.5 Å². The van der Waals surface area contributed by atoms with Gasteiger partial charge in [0, 0.05) is 7.05 Å². The van der Waals surface area contributed by atoms with Crippen LogP contribution in [0.25, 0.3) is 0 Å². The molecule has 0 saturated heterocycles. The summed E-state index contributed by atoms with van der Waals surface area (Å²) >= 11 is 0. The molecule has 6 heteroatoms. The Hall–Kier alpha value is -3.02. The van der Waals surface area contributed by atoms with Crippen molar-refractivity contribution < 1.29 is 19.1 Å². The Labute approximate surface area is 146 Å². The van der Waals surface area contributed by atoms with Crippen LogP contribution < -0.4 is 19.7 Å². The average Bonchev–Trinajstić information content (AvgIpc) is 2.60. The van der Waals surface area contributed by atoms with Crippen molar-refractivity contribution in [3.63, 3.8) is 0 Å². The summed E-state index contributed by atoms with van der Waals surface area (Å²) in [5, 5.41) is 2.87. The van der Waals surface area contributed by atoms with Crippen LogP contribution >= 0.6 is 0 Å². The third-order valence-corrected chi connectivity index (χ3v) is 3.94. The summed E-state index contributed by atoms with van der Waals surface area (Å²) in [6.45, 7) is 2.46. The molecule has 1 aliphatic rings. The fourth-order valence-corrected chi connectivity index (χ4v) is 2.66. The van der Waals surface area contributed by atoms with Crippen molar-refractivity contribution in [2.75, 3.05) is 30.5 Å². The van der Waals surface area contributed by atoms with Crippen molar-refractivity contribution in [1.82, 2.24) is 0 Å². The molecule has 0 bridgehead atoms. The molecule has 1 N–H and O–H groups in total. The zero-order valence-corrected chi connectivity index (χ0v) is 14.2. The van der Waals surface area contributed by atoms with Gasteiger partial charge in [-0.15, -0.1) is 0 Å². The minimum absolute atomic E-state index is 0.0392. The lowest BCUT2D eigenvalue weighted by Crippen LogP contribution is -2.35. The molecule has 0 aromatic heterocycles. The van der Waals surface area contributed by atoms with Crippen LogP contribution in [0, 0.1) is 0 Å². The van der Waals surface area contributed by atoms with Gasteiger partial charge >= 0.3 is 0 Å². The molecular weight excluding hydrogens is 320 g/mol. The van der Waals surface area contributed by atoms with E-state index in [1.54, 1.807) is 30.1 Å². The lowest BCUT2D eigenvalue weighted by molar-refractivity contribution is -0.121. The van der Waals surface area contributed by atoms with E-state index < -0.39 is 0 Å². The molecule has 0 radical (unpaired) electrons. The van der Waals surface area contributed by atoms with E-state index in [0.717, 1.165) is 5.56 Å². The van der Waals surface area contributed by atoms with Gasteiger partial charge in [0.25, 0.3) is 5.91 Å². The van der Waals surface area contributed by atoms with Crippen molar-refractivity contribution in [3.05, 3.63) is 48.0 Å². The number of carbonyl (C=O) groups excluding carboxylic acids is 2. The highest BCUT2D eigenvalue weighted by atomic mass is 16.5. The molecule has 0 unspecified atom stereocenters. The predicted molar refractivity (Wildman–Crippen MR) is 95.3 cm³/mol. The number of hydrogen-bond donors (Lipinski definition) is 1. The van der Waals surface area contributed by atoms with Crippen LogP contribution in [0.5, 0.6) is 11.5 Å². The van der Waals surface area contributed by atoms with Crippen LogP contribution in [0.2, 0.25) is 0 Å². The topological polar surface area (TPSA) is 67.9 Å². The molecular formula is C19H20N2O4. The second-order valence-electron chi connectivity index (χ2n) is 5.70. The number of anilines is 2. The van der Waals surface area contributed by atoms with Crippen molar-refractivity contribution in [2.45, 2.75) is 13.3 Å². The van der Waals surface area contributed by atoms with E-state index in [-0.39, 0.29) is 24.8 Å². The Morgan fingerprint density at radius 2 is 2.08 bits per heavy atom. The number of fused-ring (bicyclic) bond motifs is 1. The van der Waals surface area contributed by atoms with Crippen LogP contribution in [-0.2, 0) is 16.0 Å². The van der Waals surface area contributed by atoms with Crippen molar-refractivity contribution in [2.24, 2.45) is 0 Å². The summed E-state index contributed by atoms with van der Waals surface area (Å²) in [6.07, 6.45) is 0.190. The molecule has 0 spiro atoms. The molecule has 0 fully saturated rings. The summed E-state index contributed by atoms with van der Waals surface area (Å²) in [5.41, 5.74) is 2.12. The van der Waals surface area contributed by atoms with Crippen molar-refractivity contribution in [1.29, 1.82) is 0 Å². The van der Waals surface area contributed by atoms with Gasteiger partial charge in [0.2, 0.25) is 5.91 Å². The maximum absolute atomic E-state index is 12.4. The van der Waals surface area contributed by atoms with E-state index in [9.17, 15) is 9.59 Å². The number of ether oxygens (including phenoxy) is 2. The van der Waals surface area contributed by atoms with E-state index in [1.165, 1.54) is 0 Å². The first-order chi connectivity index (χ1) is 12.1. The number of hydrogen-bond acceptors (Lipinski definition) is 4. The molecule has 6 nitrogen and oxygen atoms in total. The van der Waals surface area contributed by atoms with Crippen LogP contribution in [0.4, 0.5) is 11.4 Å². The van der Waals surface area contributed by atoms with Crippen LogP contribution in [-0.4, -0.2) is 32.1 Å². The lowest BCUT2D eigenvalue weighted by atomic mass is 10.1. The number of nitrogens with one attached hydrogen (secondary N) is 1. The summed E-state index contributed by atoms with van der Waals surface area (Å²) in [6, 6.07) is 12.7. The number of likely N-dealkylation sites (N-methyl/N-ethyl adjacent to an activating group) is 1. The minimum Gasteiger partial charge on any atom is -0.492 e. The van der Waals surface area contributed by atoms with Gasteiger partial charge in [-0.2, -0.15) is 0 Å². The van der Waals surface area contributed by atoms with Gasteiger partial charge in [0.15, 0.2) is 6.61 Å². The standard InChI is InChI=1S/C19H20N2O4/c1-3-24-16-7-5-4-6-14(16)20-18(22)11-13-8-9-17-15(10-13)21(2)19(23)12-25-17/h4-10H,3,11-12H2,1-2H3,(H,20,22). The van der Waals surface area contributed by atoms with Crippen LogP contribution in [0.15, 0.2) is 42.5 Å². The van der Waals surface area contributed by atoms with E-state index >= 15 is 0 Å². The molecule has 25 heavy (non-hydrogen) atoms.